The number of ether oxygens (including phenoxy) is 1. The summed E-state index contributed by atoms with van der Waals surface area (Å²) in [6, 6.07) is 0.452. The lowest BCUT2D eigenvalue weighted by Crippen LogP contribution is -2.39. The maximum atomic E-state index is 5.27. The summed E-state index contributed by atoms with van der Waals surface area (Å²) in [7, 11) is 0. The number of hydrogen-bond donors (Lipinski definition) is 1. The summed E-state index contributed by atoms with van der Waals surface area (Å²) >= 11 is 0. The van der Waals surface area contributed by atoms with Crippen LogP contribution in [-0.4, -0.2) is 25.8 Å². The van der Waals surface area contributed by atoms with Crippen LogP contribution in [0.4, 0.5) is 0 Å². The summed E-state index contributed by atoms with van der Waals surface area (Å²) in [6.45, 7) is 13.1. The first kappa shape index (κ1) is 17.1. The van der Waals surface area contributed by atoms with Crippen molar-refractivity contribution in [2.75, 3.05) is 19.8 Å². The fourth-order valence-corrected chi connectivity index (χ4v) is 1.01. The second-order valence-electron chi connectivity index (χ2n) is 3.18. The van der Waals surface area contributed by atoms with Gasteiger partial charge in [-0.05, 0) is 6.42 Å². The van der Waals surface area contributed by atoms with Crippen molar-refractivity contribution >= 4 is 0 Å². The van der Waals surface area contributed by atoms with Gasteiger partial charge in [0.2, 0.25) is 0 Å². The van der Waals surface area contributed by atoms with Crippen molar-refractivity contribution in [1.29, 1.82) is 0 Å². The highest BCUT2D eigenvalue weighted by Gasteiger charge is 2.07. The van der Waals surface area contributed by atoms with Crippen LogP contribution in [0.15, 0.2) is 12.2 Å². The first-order chi connectivity index (χ1) is 7.35. The zero-order valence-corrected chi connectivity index (χ0v) is 11.2. The Morgan fingerprint density at radius 1 is 1.27 bits per heavy atom. The Labute approximate surface area is 96.1 Å². The van der Waals surface area contributed by atoms with Gasteiger partial charge in [0.15, 0.2) is 0 Å². The molecule has 1 fully saturated rings. The summed E-state index contributed by atoms with van der Waals surface area (Å²) in [5.74, 6) is 0. The Morgan fingerprint density at radius 2 is 1.87 bits per heavy atom. The van der Waals surface area contributed by atoms with Gasteiger partial charge >= 0.3 is 0 Å². The van der Waals surface area contributed by atoms with E-state index >= 15 is 0 Å². The minimum atomic E-state index is 0.452. The normalized spacial score (nSPS) is 19.9. The molecule has 0 aromatic carbocycles. The molecule has 1 aliphatic heterocycles. The van der Waals surface area contributed by atoms with Crippen LogP contribution in [0, 0.1) is 0 Å². The Morgan fingerprint density at radius 3 is 2.27 bits per heavy atom. The molecule has 1 N–H and O–H groups in total. The second kappa shape index (κ2) is 16.1. The van der Waals surface area contributed by atoms with Crippen LogP contribution < -0.4 is 5.32 Å². The van der Waals surface area contributed by atoms with Crippen LogP contribution in [0.25, 0.3) is 0 Å². The third-order valence-corrected chi connectivity index (χ3v) is 1.55. The van der Waals surface area contributed by atoms with Crippen molar-refractivity contribution in [3.63, 3.8) is 0 Å². The molecular weight excluding hydrogens is 186 g/mol. The lowest BCUT2D eigenvalue weighted by molar-refractivity contribution is 0.0900. The predicted octanol–water partition coefficient (Wildman–Crippen LogP) is 3.38. The summed E-state index contributed by atoms with van der Waals surface area (Å²) in [5.41, 5.74) is 0. The van der Waals surface area contributed by atoms with E-state index in [1.54, 1.807) is 0 Å². The van der Waals surface area contributed by atoms with E-state index in [1.165, 1.54) is 6.42 Å². The molecule has 0 aromatic rings. The largest absolute Gasteiger partial charge is 0.378 e. The van der Waals surface area contributed by atoms with Gasteiger partial charge in [0, 0.05) is 12.6 Å². The van der Waals surface area contributed by atoms with Crippen LogP contribution >= 0.6 is 0 Å². The molecule has 2 nitrogen and oxygen atoms in total. The number of rotatable bonds is 2. The Bertz CT molecular complexity index is 118. The molecule has 1 rings (SSSR count). The minimum Gasteiger partial charge on any atom is -0.378 e. The van der Waals surface area contributed by atoms with Gasteiger partial charge in [-0.1, -0.05) is 53.2 Å². The fourth-order valence-electron chi connectivity index (χ4n) is 1.01. The first-order valence-electron chi connectivity index (χ1n) is 6.32. The number of morpholine rings is 1. The van der Waals surface area contributed by atoms with Crippen molar-refractivity contribution in [1.82, 2.24) is 5.32 Å². The zero-order chi connectivity index (χ0) is 11.9. The molecule has 1 atom stereocenters. The van der Waals surface area contributed by atoms with E-state index in [1.807, 2.05) is 13.8 Å². The smallest absolute Gasteiger partial charge is 0.0656 e. The summed E-state index contributed by atoms with van der Waals surface area (Å²) in [4.78, 5) is 0. The van der Waals surface area contributed by atoms with Gasteiger partial charge in [-0.3, -0.25) is 0 Å². The van der Waals surface area contributed by atoms with E-state index < -0.39 is 0 Å². The summed E-state index contributed by atoms with van der Waals surface area (Å²) in [5, 5.41) is 3.34. The predicted molar refractivity (Wildman–Crippen MR) is 69.4 cm³/mol. The van der Waals surface area contributed by atoms with Crippen LogP contribution in [0.5, 0.6) is 0 Å². The highest BCUT2D eigenvalue weighted by atomic mass is 16.5. The van der Waals surface area contributed by atoms with Crippen molar-refractivity contribution in [2.45, 2.75) is 53.5 Å². The molecule has 2 heteroatoms. The number of nitrogens with one attached hydrogen (secondary N) is 1. The van der Waals surface area contributed by atoms with Crippen molar-refractivity contribution in [3.8, 4) is 0 Å². The molecule has 0 radical (unpaired) electrons. The van der Waals surface area contributed by atoms with Gasteiger partial charge in [0.1, 0.15) is 0 Å². The van der Waals surface area contributed by atoms with E-state index in [9.17, 15) is 0 Å². The quantitative estimate of drug-likeness (QED) is 0.713. The molecular formula is C13H29NO. The molecule has 0 aliphatic carbocycles. The molecule has 0 spiro atoms. The van der Waals surface area contributed by atoms with E-state index in [0.29, 0.717) is 6.04 Å². The Hall–Kier alpha value is -0.340. The fraction of sp³-hybridized carbons (Fsp3) is 0.846. The standard InChI is InChI=1S/C8H15NO.C3H8.C2H6/c1-2-3-4-8-7-10-6-5-9-8;1-3-2;1-2/h3-4,8-9H,2,5-7H2,1H3;3H2,1-2H3;1-2H3/b4-3-;;. The minimum absolute atomic E-state index is 0.452. The van der Waals surface area contributed by atoms with E-state index in [-0.39, 0.29) is 0 Å². The molecule has 1 heterocycles. The maximum Gasteiger partial charge on any atom is 0.0656 e. The van der Waals surface area contributed by atoms with Crippen LogP contribution in [-0.2, 0) is 4.74 Å². The monoisotopic (exact) mass is 215 g/mol. The van der Waals surface area contributed by atoms with Gasteiger partial charge in [0.25, 0.3) is 0 Å². The van der Waals surface area contributed by atoms with Gasteiger partial charge in [-0.2, -0.15) is 0 Å². The highest BCUT2D eigenvalue weighted by Crippen LogP contribution is 1.94. The second-order valence-corrected chi connectivity index (χ2v) is 3.18. The average molecular weight is 215 g/mol. The lowest BCUT2D eigenvalue weighted by Gasteiger charge is -2.20. The summed E-state index contributed by atoms with van der Waals surface area (Å²) in [6.07, 6.45) is 6.71. The van der Waals surface area contributed by atoms with Crippen LogP contribution in [0.3, 0.4) is 0 Å². The number of hydrogen-bond acceptors (Lipinski definition) is 2. The molecule has 0 aromatic heterocycles. The molecule has 1 aliphatic rings. The van der Waals surface area contributed by atoms with Crippen molar-refractivity contribution < 1.29 is 4.74 Å². The lowest BCUT2D eigenvalue weighted by atomic mass is 10.2. The molecule has 1 saturated heterocycles. The molecule has 0 bridgehead atoms. The van der Waals surface area contributed by atoms with Gasteiger partial charge in [-0.25, -0.2) is 0 Å². The molecule has 92 valence electrons. The van der Waals surface area contributed by atoms with E-state index in [4.69, 9.17) is 4.74 Å². The third-order valence-electron chi connectivity index (χ3n) is 1.55. The van der Waals surface area contributed by atoms with E-state index in [2.05, 4.69) is 38.2 Å². The molecule has 0 saturated carbocycles. The SMILES string of the molecule is CC.CC/C=C\C1COCCN1.CCC. The van der Waals surface area contributed by atoms with Crippen molar-refractivity contribution in [3.05, 3.63) is 12.2 Å². The maximum absolute atomic E-state index is 5.27. The van der Waals surface area contributed by atoms with Gasteiger partial charge in [0.05, 0.1) is 13.2 Å². The Balaban J connectivity index is 0. The zero-order valence-electron chi connectivity index (χ0n) is 11.2. The van der Waals surface area contributed by atoms with Crippen molar-refractivity contribution in [2.24, 2.45) is 0 Å². The van der Waals surface area contributed by atoms with Gasteiger partial charge in [-0.15, -0.1) is 0 Å². The first-order valence-corrected chi connectivity index (χ1v) is 6.32. The number of allylic oxidation sites excluding steroid dienone is 1. The van der Waals surface area contributed by atoms with Crippen LogP contribution in [0.1, 0.15) is 47.5 Å². The summed E-state index contributed by atoms with van der Waals surface area (Å²) < 4.78 is 5.27. The molecule has 0 amide bonds. The van der Waals surface area contributed by atoms with Crippen LogP contribution in [0.2, 0.25) is 0 Å². The molecule has 15 heavy (non-hydrogen) atoms. The third kappa shape index (κ3) is 13.7. The topological polar surface area (TPSA) is 21.3 Å². The highest BCUT2D eigenvalue weighted by molar-refractivity contribution is 4.93. The molecule has 1 unspecified atom stereocenters. The van der Waals surface area contributed by atoms with E-state index in [0.717, 1.165) is 26.2 Å². The van der Waals surface area contributed by atoms with Gasteiger partial charge < -0.3 is 10.1 Å². The Kier molecular flexibility index (Phi) is 18.3. The average Bonchev–Trinajstić information content (AvgIpc) is 2.31.